The Morgan fingerprint density at radius 1 is 1.05 bits per heavy atom. The van der Waals surface area contributed by atoms with Gasteiger partial charge in [0.1, 0.15) is 0 Å². The largest absolute Gasteiger partial charge is 0.396 e. The molecule has 1 nitrogen and oxygen atoms in total. The Morgan fingerprint density at radius 2 is 1.74 bits per heavy atom. The van der Waals surface area contributed by atoms with Gasteiger partial charge in [-0.15, -0.1) is 0 Å². The summed E-state index contributed by atoms with van der Waals surface area (Å²) < 4.78 is 0. The SMILES string of the molecule is CCCC(CC(C)CCCCO)C1CCC(C)CC1. The van der Waals surface area contributed by atoms with E-state index in [4.69, 9.17) is 5.11 Å². The van der Waals surface area contributed by atoms with Gasteiger partial charge in [-0.2, -0.15) is 0 Å². The lowest BCUT2D eigenvalue weighted by molar-refractivity contribution is 0.173. The predicted molar refractivity (Wildman–Crippen MR) is 84.2 cm³/mol. The molecule has 2 unspecified atom stereocenters. The molecule has 1 aliphatic carbocycles. The van der Waals surface area contributed by atoms with Gasteiger partial charge in [0, 0.05) is 6.61 Å². The van der Waals surface area contributed by atoms with Crippen molar-refractivity contribution in [2.45, 2.75) is 85.0 Å². The van der Waals surface area contributed by atoms with Crippen molar-refractivity contribution < 1.29 is 5.11 Å². The van der Waals surface area contributed by atoms with Gasteiger partial charge in [-0.05, 0) is 49.4 Å². The van der Waals surface area contributed by atoms with E-state index in [1.807, 2.05) is 0 Å². The van der Waals surface area contributed by atoms with Crippen LogP contribution >= 0.6 is 0 Å². The molecule has 1 aliphatic rings. The molecule has 1 heteroatoms. The van der Waals surface area contributed by atoms with Crippen LogP contribution in [0.4, 0.5) is 0 Å². The van der Waals surface area contributed by atoms with Crippen molar-refractivity contribution in [2.75, 3.05) is 6.61 Å². The molecule has 0 amide bonds. The van der Waals surface area contributed by atoms with E-state index in [0.717, 1.165) is 30.1 Å². The van der Waals surface area contributed by atoms with E-state index in [1.54, 1.807) is 0 Å². The normalized spacial score (nSPS) is 27.2. The van der Waals surface area contributed by atoms with Crippen molar-refractivity contribution in [3.63, 3.8) is 0 Å². The van der Waals surface area contributed by atoms with Crippen molar-refractivity contribution in [1.82, 2.24) is 0 Å². The fraction of sp³-hybridized carbons (Fsp3) is 1.00. The van der Waals surface area contributed by atoms with E-state index in [1.165, 1.54) is 57.8 Å². The van der Waals surface area contributed by atoms with E-state index in [2.05, 4.69) is 20.8 Å². The number of hydrogen-bond acceptors (Lipinski definition) is 1. The van der Waals surface area contributed by atoms with Crippen molar-refractivity contribution in [3.8, 4) is 0 Å². The Morgan fingerprint density at radius 3 is 2.32 bits per heavy atom. The summed E-state index contributed by atoms with van der Waals surface area (Å²) in [6.45, 7) is 7.55. The summed E-state index contributed by atoms with van der Waals surface area (Å²) in [4.78, 5) is 0. The van der Waals surface area contributed by atoms with Gasteiger partial charge in [-0.3, -0.25) is 0 Å². The minimum atomic E-state index is 0.367. The van der Waals surface area contributed by atoms with Crippen LogP contribution in [0.5, 0.6) is 0 Å². The third kappa shape index (κ3) is 6.79. The summed E-state index contributed by atoms with van der Waals surface area (Å²) >= 11 is 0. The van der Waals surface area contributed by atoms with E-state index in [9.17, 15) is 0 Å². The zero-order valence-corrected chi connectivity index (χ0v) is 13.5. The molecule has 1 rings (SSSR count). The van der Waals surface area contributed by atoms with Crippen LogP contribution in [-0.2, 0) is 0 Å². The number of aliphatic hydroxyl groups excluding tert-OH is 1. The molecule has 0 radical (unpaired) electrons. The maximum Gasteiger partial charge on any atom is 0.0431 e. The van der Waals surface area contributed by atoms with Crippen molar-refractivity contribution >= 4 is 0 Å². The standard InChI is InChI=1S/C18H36O/c1-4-7-18(14-16(3)8-5-6-13-19)17-11-9-15(2)10-12-17/h15-19H,4-14H2,1-3H3. The van der Waals surface area contributed by atoms with Crippen molar-refractivity contribution in [2.24, 2.45) is 23.7 Å². The maximum absolute atomic E-state index is 8.87. The van der Waals surface area contributed by atoms with Gasteiger partial charge >= 0.3 is 0 Å². The topological polar surface area (TPSA) is 20.2 Å². The lowest BCUT2D eigenvalue weighted by Crippen LogP contribution is -2.22. The molecule has 0 aromatic rings. The van der Waals surface area contributed by atoms with E-state index in [-0.39, 0.29) is 0 Å². The Labute approximate surface area is 121 Å². The molecule has 2 atom stereocenters. The number of unbranched alkanes of at least 4 members (excludes halogenated alkanes) is 1. The second kappa shape index (κ2) is 9.80. The van der Waals surface area contributed by atoms with E-state index < -0.39 is 0 Å². The molecule has 0 saturated heterocycles. The highest BCUT2D eigenvalue weighted by Crippen LogP contribution is 2.38. The third-order valence-electron chi connectivity index (χ3n) is 5.20. The lowest BCUT2D eigenvalue weighted by Gasteiger charge is -2.34. The molecule has 0 aromatic heterocycles. The molecule has 0 aliphatic heterocycles. The monoisotopic (exact) mass is 268 g/mol. The first kappa shape index (κ1) is 17.0. The maximum atomic E-state index is 8.87. The Bertz CT molecular complexity index is 206. The summed E-state index contributed by atoms with van der Waals surface area (Å²) in [5.74, 6) is 3.81. The quantitative estimate of drug-likeness (QED) is 0.554. The molecule has 1 saturated carbocycles. The minimum Gasteiger partial charge on any atom is -0.396 e. The van der Waals surface area contributed by atoms with Crippen LogP contribution in [0.3, 0.4) is 0 Å². The van der Waals surface area contributed by atoms with E-state index >= 15 is 0 Å². The van der Waals surface area contributed by atoms with Crippen molar-refractivity contribution in [3.05, 3.63) is 0 Å². The average Bonchev–Trinajstić information content (AvgIpc) is 2.39. The highest BCUT2D eigenvalue weighted by Gasteiger charge is 2.26. The molecule has 0 heterocycles. The first-order valence-electron chi connectivity index (χ1n) is 8.78. The summed E-state index contributed by atoms with van der Waals surface area (Å²) in [5.41, 5.74) is 0. The second-order valence-corrected chi connectivity index (χ2v) is 7.13. The smallest absolute Gasteiger partial charge is 0.0431 e. The molecule has 0 spiro atoms. The predicted octanol–water partition coefficient (Wildman–Crippen LogP) is 5.42. The lowest BCUT2D eigenvalue weighted by atomic mass is 9.72. The van der Waals surface area contributed by atoms with Crippen LogP contribution in [0, 0.1) is 23.7 Å². The van der Waals surface area contributed by atoms with Crippen LogP contribution in [0.15, 0.2) is 0 Å². The summed E-state index contributed by atoms with van der Waals surface area (Å²) in [7, 11) is 0. The second-order valence-electron chi connectivity index (χ2n) is 7.13. The van der Waals surface area contributed by atoms with Crippen molar-refractivity contribution in [1.29, 1.82) is 0 Å². The Balaban J connectivity index is 2.34. The zero-order chi connectivity index (χ0) is 14.1. The summed E-state index contributed by atoms with van der Waals surface area (Å²) in [6, 6.07) is 0. The molecule has 0 bridgehead atoms. The van der Waals surface area contributed by atoms with Crippen LogP contribution in [0.2, 0.25) is 0 Å². The number of aliphatic hydroxyl groups is 1. The fourth-order valence-corrected chi connectivity index (χ4v) is 3.91. The Kier molecular flexibility index (Phi) is 8.77. The molecular weight excluding hydrogens is 232 g/mol. The van der Waals surface area contributed by atoms with Crippen LogP contribution < -0.4 is 0 Å². The first-order valence-corrected chi connectivity index (χ1v) is 8.78. The molecule has 114 valence electrons. The molecular formula is C18H36O. The zero-order valence-electron chi connectivity index (χ0n) is 13.5. The average molecular weight is 268 g/mol. The van der Waals surface area contributed by atoms with Gasteiger partial charge in [-0.25, -0.2) is 0 Å². The molecule has 1 fully saturated rings. The Hall–Kier alpha value is -0.0400. The van der Waals surface area contributed by atoms with Crippen LogP contribution in [0.1, 0.15) is 85.0 Å². The fourth-order valence-electron chi connectivity index (χ4n) is 3.91. The van der Waals surface area contributed by atoms with E-state index in [0.29, 0.717) is 6.61 Å². The number of rotatable bonds is 9. The highest BCUT2D eigenvalue weighted by atomic mass is 16.2. The molecule has 1 N–H and O–H groups in total. The summed E-state index contributed by atoms with van der Waals surface area (Å²) in [6.07, 6.45) is 13.6. The first-order chi connectivity index (χ1) is 9.17. The van der Waals surface area contributed by atoms with Crippen LogP contribution in [0.25, 0.3) is 0 Å². The van der Waals surface area contributed by atoms with Gasteiger partial charge in [0.25, 0.3) is 0 Å². The van der Waals surface area contributed by atoms with Gasteiger partial charge in [0.2, 0.25) is 0 Å². The number of hydrogen-bond donors (Lipinski definition) is 1. The molecule has 0 aromatic carbocycles. The van der Waals surface area contributed by atoms with Gasteiger partial charge in [-0.1, -0.05) is 59.3 Å². The highest BCUT2D eigenvalue weighted by molar-refractivity contribution is 4.77. The third-order valence-corrected chi connectivity index (χ3v) is 5.20. The minimum absolute atomic E-state index is 0.367. The molecule has 19 heavy (non-hydrogen) atoms. The van der Waals surface area contributed by atoms with Gasteiger partial charge < -0.3 is 5.11 Å². The summed E-state index contributed by atoms with van der Waals surface area (Å²) in [5, 5.41) is 8.87. The van der Waals surface area contributed by atoms with Crippen LogP contribution in [-0.4, -0.2) is 11.7 Å². The van der Waals surface area contributed by atoms with Gasteiger partial charge in [0.05, 0.1) is 0 Å². The van der Waals surface area contributed by atoms with Gasteiger partial charge in [0.15, 0.2) is 0 Å².